The van der Waals surface area contributed by atoms with Crippen LogP contribution in [0.5, 0.6) is 0 Å². The van der Waals surface area contributed by atoms with Crippen molar-refractivity contribution in [2.75, 3.05) is 13.2 Å². The van der Waals surface area contributed by atoms with Gasteiger partial charge in [0, 0.05) is 24.9 Å². The lowest BCUT2D eigenvalue weighted by molar-refractivity contribution is -0.118. The van der Waals surface area contributed by atoms with Crippen LogP contribution in [0.1, 0.15) is 24.8 Å². The van der Waals surface area contributed by atoms with Crippen LogP contribution < -0.4 is 10.5 Å². The molecule has 4 N–H and O–H groups in total. The van der Waals surface area contributed by atoms with Gasteiger partial charge >= 0.3 is 0 Å². The zero-order valence-corrected chi connectivity index (χ0v) is 12.3. The molecule has 21 heavy (non-hydrogen) atoms. The van der Waals surface area contributed by atoms with Crippen LogP contribution in [0.4, 0.5) is 0 Å². The SMILES string of the molecule is NC(=O)CCCNS(=O)(=O)c1ccc(C#CCCO)cc1. The number of carbonyl (C=O) groups is 1. The maximum Gasteiger partial charge on any atom is 0.240 e. The van der Waals surface area contributed by atoms with E-state index in [1.165, 1.54) is 12.1 Å². The highest BCUT2D eigenvalue weighted by molar-refractivity contribution is 7.89. The van der Waals surface area contributed by atoms with E-state index in [2.05, 4.69) is 16.6 Å². The Morgan fingerprint density at radius 1 is 1.29 bits per heavy atom. The first-order valence-corrected chi connectivity index (χ1v) is 7.92. The third kappa shape index (κ3) is 6.40. The molecule has 6 nitrogen and oxygen atoms in total. The summed E-state index contributed by atoms with van der Waals surface area (Å²) in [5, 5.41) is 8.61. The van der Waals surface area contributed by atoms with Crippen LogP contribution in [0.15, 0.2) is 29.2 Å². The monoisotopic (exact) mass is 310 g/mol. The fourth-order valence-electron chi connectivity index (χ4n) is 1.49. The molecule has 1 rings (SSSR count). The van der Waals surface area contributed by atoms with Crippen LogP contribution in [-0.4, -0.2) is 32.6 Å². The van der Waals surface area contributed by atoms with E-state index >= 15 is 0 Å². The standard InChI is InChI=1S/C14H18N2O4S/c15-14(18)5-3-10-16-21(19,20)13-8-6-12(7-9-13)4-1-2-11-17/h6-9,16-17H,2-3,5,10-11H2,(H2,15,18). The summed E-state index contributed by atoms with van der Waals surface area (Å²) in [4.78, 5) is 10.7. The Labute approximate surface area is 124 Å². The van der Waals surface area contributed by atoms with Gasteiger partial charge < -0.3 is 10.8 Å². The molecule has 0 aliphatic carbocycles. The van der Waals surface area contributed by atoms with Crippen molar-refractivity contribution in [1.82, 2.24) is 4.72 Å². The summed E-state index contributed by atoms with van der Waals surface area (Å²) in [6.45, 7) is 0.151. The Hall–Kier alpha value is -1.88. The topological polar surface area (TPSA) is 109 Å². The second kappa shape index (κ2) is 8.42. The molecule has 0 radical (unpaired) electrons. The maximum absolute atomic E-state index is 12.0. The van der Waals surface area contributed by atoms with E-state index < -0.39 is 15.9 Å². The summed E-state index contributed by atoms with van der Waals surface area (Å²) in [6.07, 6.45) is 0.878. The lowest BCUT2D eigenvalue weighted by atomic mass is 10.2. The molecule has 0 aromatic heterocycles. The minimum Gasteiger partial charge on any atom is -0.395 e. The van der Waals surface area contributed by atoms with Crippen molar-refractivity contribution < 1.29 is 18.3 Å². The number of carbonyl (C=O) groups excluding carboxylic acids is 1. The summed E-state index contributed by atoms with van der Waals surface area (Å²) >= 11 is 0. The highest BCUT2D eigenvalue weighted by Crippen LogP contribution is 2.10. The summed E-state index contributed by atoms with van der Waals surface area (Å²) in [7, 11) is -3.59. The Morgan fingerprint density at radius 3 is 2.52 bits per heavy atom. The van der Waals surface area contributed by atoms with Gasteiger partial charge in [0.1, 0.15) is 0 Å². The number of benzene rings is 1. The molecule has 1 amide bonds. The molecule has 0 heterocycles. The molecule has 0 saturated carbocycles. The van der Waals surface area contributed by atoms with E-state index in [1.807, 2.05) is 0 Å². The van der Waals surface area contributed by atoms with E-state index in [0.29, 0.717) is 18.4 Å². The van der Waals surface area contributed by atoms with Gasteiger partial charge in [-0.05, 0) is 30.7 Å². The molecule has 0 atom stereocenters. The lowest BCUT2D eigenvalue weighted by Gasteiger charge is -2.06. The summed E-state index contributed by atoms with van der Waals surface area (Å²) in [5.41, 5.74) is 5.65. The molecular weight excluding hydrogens is 292 g/mol. The molecule has 1 aromatic carbocycles. The highest BCUT2D eigenvalue weighted by atomic mass is 32.2. The van der Waals surface area contributed by atoms with Crippen molar-refractivity contribution in [3.63, 3.8) is 0 Å². The van der Waals surface area contributed by atoms with Crippen LogP contribution in [0.2, 0.25) is 0 Å². The number of rotatable bonds is 7. The predicted octanol–water partition coefficient (Wildman–Crippen LogP) is -0.0357. The summed E-state index contributed by atoms with van der Waals surface area (Å²) in [5.74, 6) is 5.11. The Bertz CT molecular complexity index is 627. The van der Waals surface area contributed by atoms with Crippen LogP contribution >= 0.6 is 0 Å². The number of primary amides is 1. The molecule has 0 bridgehead atoms. The smallest absolute Gasteiger partial charge is 0.240 e. The Balaban J connectivity index is 2.63. The van der Waals surface area contributed by atoms with Crippen LogP contribution in [0.3, 0.4) is 0 Å². The number of hydrogen-bond acceptors (Lipinski definition) is 4. The quantitative estimate of drug-likeness (QED) is 0.485. The Morgan fingerprint density at radius 2 is 1.95 bits per heavy atom. The van der Waals surface area contributed by atoms with Crippen molar-refractivity contribution >= 4 is 15.9 Å². The maximum atomic E-state index is 12.0. The number of nitrogens with two attached hydrogens (primary N) is 1. The van der Waals surface area contributed by atoms with Crippen molar-refractivity contribution in [2.45, 2.75) is 24.2 Å². The fourth-order valence-corrected chi connectivity index (χ4v) is 2.56. The van der Waals surface area contributed by atoms with Crippen molar-refractivity contribution in [2.24, 2.45) is 5.73 Å². The number of nitrogens with one attached hydrogen (secondary N) is 1. The highest BCUT2D eigenvalue weighted by Gasteiger charge is 2.12. The van der Waals surface area contributed by atoms with Gasteiger partial charge in [0.2, 0.25) is 15.9 Å². The summed E-state index contributed by atoms with van der Waals surface area (Å²) in [6, 6.07) is 6.11. The number of aliphatic hydroxyl groups is 1. The minimum absolute atomic E-state index is 0.00527. The van der Waals surface area contributed by atoms with Gasteiger partial charge in [-0.2, -0.15) is 0 Å². The molecule has 0 fully saturated rings. The molecule has 0 saturated heterocycles. The lowest BCUT2D eigenvalue weighted by Crippen LogP contribution is -2.25. The third-order valence-electron chi connectivity index (χ3n) is 2.53. The second-order valence-corrected chi connectivity index (χ2v) is 6.03. The van der Waals surface area contributed by atoms with Crippen molar-refractivity contribution in [3.8, 4) is 11.8 Å². The second-order valence-electron chi connectivity index (χ2n) is 4.27. The first-order valence-electron chi connectivity index (χ1n) is 6.43. The number of hydrogen-bond donors (Lipinski definition) is 3. The average molecular weight is 310 g/mol. The van der Waals surface area contributed by atoms with E-state index in [4.69, 9.17) is 10.8 Å². The molecule has 0 aliphatic heterocycles. The number of sulfonamides is 1. The average Bonchev–Trinajstić information content (AvgIpc) is 2.44. The largest absolute Gasteiger partial charge is 0.395 e. The molecular formula is C14H18N2O4S. The first-order chi connectivity index (χ1) is 9.95. The van der Waals surface area contributed by atoms with Gasteiger partial charge in [0.15, 0.2) is 0 Å². The van der Waals surface area contributed by atoms with E-state index in [0.717, 1.165) is 0 Å². The van der Waals surface area contributed by atoms with Gasteiger partial charge in [0.05, 0.1) is 11.5 Å². The van der Waals surface area contributed by atoms with Gasteiger partial charge in [-0.1, -0.05) is 11.8 Å². The molecule has 1 aromatic rings. The molecule has 114 valence electrons. The Kier molecular flexibility index (Phi) is 6.88. The summed E-state index contributed by atoms with van der Waals surface area (Å²) < 4.78 is 26.3. The van der Waals surface area contributed by atoms with Gasteiger partial charge in [-0.15, -0.1) is 0 Å². The molecule has 0 unspecified atom stereocenters. The molecule has 0 spiro atoms. The first kappa shape index (κ1) is 17.2. The van der Waals surface area contributed by atoms with Crippen molar-refractivity contribution in [1.29, 1.82) is 0 Å². The van der Waals surface area contributed by atoms with Gasteiger partial charge in [0.25, 0.3) is 0 Å². The predicted molar refractivity (Wildman–Crippen MR) is 78.6 cm³/mol. The van der Waals surface area contributed by atoms with Crippen LogP contribution in [0.25, 0.3) is 0 Å². The normalized spacial score (nSPS) is 10.7. The minimum atomic E-state index is -3.59. The molecule has 7 heteroatoms. The molecule has 0 aliphatic rings. The zero-order valence-electron chi connectivity index (χ0n) is 11.5. The fraction of sp³-hybridized carbons (Fsp3) is 0.357. The number of aliphatic hydroxyl groups excluding tert-OH is 1. The number of amides is 1. The van der Waals surface area contributed by atoms with Crippen molar-refractivity contribution in [3.05, 3.63) is 29.8 Å². The van der Waals surface area contributed by atoms with Crippen LogP contribution in [0, 0.1) is 11.8 Å². The third-order valence-corrected chi connectivity index (χ3v) is 4.00. The van der Waals surface area contributed by atoms with Crippen LogP contribution in [-0.2, 0) is 14.8 Å². The van der Waals surface area contributed by atoms with Gasteiger partial charge in [-0.3, -0.25) is 4.79 Å². The zero-order chi connectivity index (χ0) is 15.7. The van der Waals surface area contributed by atoms with E-state index in [9.17, 15) is 13.2 Å². The van der Waals surface area contributed by atoms with E-state index in [1.54, 1.807) is 12.1 Å². The van der Waals surface area contributed by atoms with E-state index in [-0.39, 0.29) is 24.5 Å². The van der Waals surface area contributed by atoms with Gasteiger partial charge in [-0.25, -0.2) is 13.1 Å².